The minimum absolute atomic E-state index is 0.0513. The van der Waals surface area contributed by atoms with Gasteiger partial charge >= 0.3 is 6.09 Å². The van der Waals surface area contributed by atoms with E-state index in [9.17, 15) is 14.7 Å². The van der Waals surface area contributed by atoms with Crippen LogP contribution in [-0.4, -0.2) is 65.3 Å². The minimum atomic E-state index is -0.932. The third kappa shape index (κ3) is 7.61. The number of nitrogens with zero attached hydrogens (tertiary/aromatic N) is 3. The smallest absolute Gasteiger partial charge is 0.407 e. The fourth-order valence-corrected chi connectivity index (χ4v) is 7.00. The molecule has 2 heterocycles. The first-order chi connectivity index (χ1) is 22.8. The number of hydrogen-bond donors (Lipinski definition) is 3. The molecule has 264 valence electrons. The molecule has 2 unspecified atom stereocenters. The van der Waals surface area contributed by atoms with Crippen molar-refractivity contribution in [3.05, 3.63) is 70.2 Å². The van der Waals surface area contributed by atoms with Gasteiger partial charge in [-0.3, -0.25) is 4.79 Å². The van der Waals surface area contributed by atoms with E-state index >= 15 is 0 Å². The molecule has 0 radical (unpaired) electrons. The molecule has 10 nitrogen and oxygen atoms in total. The first kappa shape index (κ1) is 36.3. The number of nitrogen functional groups attached to an aromatic ring is 1. The average molecular weight is 692 g/mol. The van der Waals surface area contributed by atoms with Crippen LogP contribution in [0.25, 0.3) is 11.1 Å². The summed E-state index contributed by atoms with van der Waals surface area (Å²) in [6.07, 6.45) is -2.22. The number of ether oxygens (including phenoxy) is 2. The molecule has 49 heavy (non-hydrogen) atoms. The van der Waals surface area contributed by atoms with Gasteiger partial charge in [0.1, 0.15) is 0 Å². The van der Waals surface area contributed by atoms with Crippen LogP contribution in [0.3, 0.4) is 0 Å². The van der Waals surface area contributed by atoms with Gasteiger partial charge in [-0.05, 0) is 101 Å². The first-order valence-electron chi connectivity index (χ1n) is 16.8. The maximum absolute atomic E-state index is 12.7. The van der Waals surface area contributed by atoms with Gasteiger partial charge in [0.15, 0.2) is 12.5 Å². The van der Waals surface area contributed by atoms with Gasteiger partial charge in [0.25, 0.3) is 0 Å². The molecule has 0 saturated carbocycles. The summed E-state index contributed by atoms with van der Waals surface area (Å²) >= 11 is 7.17. The van der Waals surface area contributed by atoms with E-state index in [-0.39, 0.29) is 11.8 Å². The van der Waals surface area contributed by atoms with Crippen LogP contribution in [0.4, 0.5) is 27.5 Å². The van der Waals surface area contributed by atoms with Gasteiger partial charge in [0, 0.05) is 42.4 Å². The normalized spacial score (nSPS) is 18.5. The van der Waals surface area contributed by atoms with Crippen molar-refractivity contribution in [3.63, 3.8) is 0 Å². The van der Waals surface area contributed by atoms with Gasteiger partial charge in [-0.2, -0.15) is 0 Å². The lowest BCUT2D eigenvalue weighted by molar-refractivity contribution is -0.163. The predicted octanol–water partition coefficient (Wildman–Crippen LogP) is 7.97. The van der Waals surface area contributed by atoms with Crippen molar-refractivity contribution in [2.45, 2.75) is 91.9 Å². The molecular formula is C38H50ClN5O5. The molecule has 0 aliphatic carbocycles. The number of hydrogen-bond acceptors (Lipinski definition) is 7. The number of likely N-dealkylation sites (tertiary alicyclic amines) is 1. The van der Waals surface area contributed by atoms with E-state index in [2.05, 4.69) is 48.8 Å². The van der Waals surface area contributed by atoms with E-state index < -0.39 is 35.7 Å². The minimum Gasteiger partial charge on any atom is -0.465 e. The monoisotopic (exact) mass is 691 g/mol. The quantitative estimate of drug-likeness (QED) is 0.203. The summed E-state index contributed by atoms with van der Waals surface area (Å²) in [4.78, 5) is 30.2. The fraction of sp³-hybridized carbons (Fsp3) is 0.474. The zero-order valence-electron chi connectivity index (χ0n) is 30.0. The van der Waals surface area contributed by atoms with E-state index in [0.29, 0.717) is 47.0 Å². The summed E-state index contributed by atoms with van der Waals surface area (Å²) < 4.78 is 14.0. The predicted molar refractivity (Wildman–Crippen MR) is 197 cm³/mol. The number of para-hydroxylation sites is 1. The molecule has 3 aromatic carbocycles. The first-order valence-corrected chi connectivity index (χ1v) is 17.2. The van der Waals surface area contributed by atoms with Crippen molar-refractivity contribution < 1.29 is 24.2 Å². The molecule has 0 spiro atoms. The molecule has 2 atom stereocenters. The van der Waals surface area contributed by atoms with Gasteiger partial charge in [-0.25, -0.2) is 4.79 Å². The van der Waals surface area contributed by atoms with Crippen LogP contribution in [0.2, 0.25) is 5.02 Å². The highest BCUT2D eigenvalue weighted by molar-refractivity contribution is 6.34. The maximum atomic E-state index is 12.7. The number of fused-ring (bicyclic) bond motifs is 1. The average Bonchev–Trinajstić information content (AvgIpc) is 2.94. The highest BCUT2D eigenvalue weighted by Gasteiger charge is 2.48. The third-order valence-corrected chi connectivity index (χ3v) is 9.11. The Bertz CT molecular complexity index is 1740. The molecule has 11 heteroatoms. The SMILES string of the molecule is Cc1cccc(C(C)C)c1N1c2cc(-c3cc(N)ccc3C(N)=O)c(Cl)cc2N(CC2CN(C(=O)O)C2)C(OC(C)(C)C)C1OC(C)(C)C. The number of primary amides is 1. The molecule has 5 N–H and O–H groups in total. The lowest BCUT2D eigenvalue weighted by atomic mass is 9.92. The Morgan fingerprint density at radius 3 is 2.14 bits per heavy atom. The molecule has 1 saturated heterocycles. The number of anilines is 4. The summed E-state index contributed by atoms with van der Waals surface area (Å²) in [5.74, 6) is -0.369. The van der Waals surface area contributed by atoms with E-state index in [1.165, 1.54) is 4.90 Å². The van der Waals surface area contributed by atoms with Crippen molar-refractivity contribution >= 4 is 46.4 Å². The molecule has 5 rings (SSSR count). The Morgan fingerprint density at radius 2 is 1.57 bits per heavy atom. The summed E-state index contributed by atoms with van der Waals surface area (Å²) in [6, 6.07) is 15.2. The third-order valence-electron chi connectivity index (χ3n) is 8.80. The second-order valence-electron chi connectivity index (χ2n) is 15.5. The standard InChI is InChI=1S/C38H50ClN5O5/c1-21(2)25-12-10-11-22(3)32(25)44-31-16-28(27-15-24(40)13-14-26(27)33(41)45)29(39)17-30(31)43(20-23-18-42(19-23)36(46)47)34(48-37(4,5)6)35(44)49-38(7,8)9/h10-17,21,23,34-35H,18-20,40H2,1-9H3,(H2,41,45)(H,46,47). The molecule has 0 bridgehead atoms. The Balaban J connectivity index is 1.86. The van der Waals surface area contributed by atoms with Crippen LogP contribution >= 0.6 is 11.6 Å². The molecule has 1 fully saturated rings. The lowest BCUT2D eigenvalue weighted by Gasteiger charge is -2.54. The van der Waals surface area contributed by atoms with E-state index in [1.807, 2.05) is 53.7 Å². The lowest BCUT2D eigenvalue weighted by Crippen LogP contribution is -2.63. The Kier molecular flexibility index (Phi) is 9.91. The number of carboxylic acid groups (broad SMARTS) is 1. The van der Waals surface area contributed by atoms with Crippen LogP contribution in [0.5, 0.6) is 0 Å². The van der Waals surface area contributed by atoms with Crippen LogP contribution < -0.4 is 21.3 Å². The van der Waals surface area contributed by atoms with E-state index in [1.54, 1.807) is 18.2 Å². The van der Waals surface area contributed by atoms with Crippen molar-refractivity contribution in [3.8, 4) is 11.1 Å². The molecule has 2 aliphatic rings. The van der Waals surface area contributed by atoms with Crippen molar-refractivity contribution in [1.82, 2.24) is 4.90 Å². The van der Waals surface area contributed by atoms with Gasteiger partial charge in [0.05, 0.1) is 33.3 Å². The fourth-order valence-electron chi connectivity index (χ4n) is 6.74. The second-order valence-corrected chi connectivity index (χ2v) is 15.9. The number of amides is 2. The largest absolute Gasteiger partial charge is 0.465 e. The summed E-state index contributed by atoms with van der Waals surface area (Å²) in [5, 5.41) is 10.0. The van der Waals surface area contributed by atoms with Crippen molar-refractivity contribution in [2.24, 2.45) is 11.7 Å². The second kappa shape index (κ2) is 13.4. The highest BCUT2D eigenvalue weighted by atomic mass is 35.5. The summed E-state index contributed by atoms with van der Waals surface area (Å²) in [6.45, 7) is 19.9. The van der Waals surface area contributed by atoms with E-state index in [4.69, 9.17) is 32.5 Å². The number of carbonyl (C=O) groups excluding carboxylic acids is 1. The van der Waals surface area contributed by atoms with Gasteiger partial charge in [0.2, 0.25) is 5.91 Å². The Morgan fingerprint density at radius 1 is 0.939 bits per heavy atom. The van der Waals surface area contributed by atoms with Crippen molar-refractivity contribution in [1.29, 1.82) is 0 Å². The zero-order chi connectivity index (χ0) is 36.2. The van der Waals surface area contributed by atoms with Crippen LogP contribution in [0.15, 0.2) is 48.5 Å². The number of carbonyl (C=O) groups is 2. The van der Waals surface area contributed by atoms with Crippen LogP contribution in [-0.2, 0) is 9.47 Å². The van der Waals surface area contributed by atoms with Gasteiger partial charge < -0.3 is 40.7 Å². The number of halogens is 1. The number of nitrogens with two attached hydrogens (primary N) is 2. The molecule has 0 aromatic heterocycles. The van der Waals surface area contributed by atoms with Gasteiger partial charge in [-0.1, -0.05) is 43.6 Å². The number of benzene rings is 3. The highest BCUT2D eigenvalue weighted by Crippen LogP contribution is 2.51. The van der Waals surface area contributed by atoms with E-state index in [0.717, 1.165) is 28.2 Å². The topological polar surface area (TPSA) is 135 Å². The van der Waals surface area contributed by atoms with Crippen LogP contribution in [0, 0.1) is 12.8 Å². The Labute approximate surface area is 294 Å². The zero-order valence-corrected chi connectivity index (χ0v) is 30.8. The molecular weight excluding hydrogens is 642 g/mol. The number of aryl methyl sites for hydroxylation is 1. The number of rotatable bonds is 8. The summed E-state index contributed by atoms with van der Waals surface area (Å²) in [7, 11) is 0. The molecule has 3 aromatic rings. The van der Waals surface area contributed by atoms with Gasteiger partial charge in [-0.15, -0.1) is 0 Å². The Hall–Kier alpha value is -3.99. The molecule has 2 aliphatic heterocycles. The van der Waals surface area contributed by atoms with Crippen molar-refractivity contribution in [2.75, 3.05) is 35.2 Å². The summed E-state index contributed by atoms with van der Waals surface area (Å²) in [5.41, 5.74) is 17.6. The maximum Gasteiger partial charge on any atom is 0.407 e. The van der Waals surface area contributed by atoms with Crippen LogP contribution in [0.1, 0.15) is 82.8 Å². The molecule has 2 amide bonds.